The molecule has 0 aliphatic rings. The maximum Gasteiger partial charge on any atom is 0.264 e. The van der Waals surface area contributed by atoms with Gasteiger partial charge in [-0.25, -0.2) is 8.42 Å². The molecule has 0 atom stereocenters. The molecule has 0 aliphatic heterocycles. The maximum absolute atomic E-state index is 13.3. The van der Waals surface area contributed by atoms with E-state index in [-0.39, 0.29) is 20.6 Å². The first kappa shape index (κ1) is 22.6. The topological polar surface area (TPSA) is 66.5 Å². The van der Waals surface area contributed by atoms with Gasteiger partial charge in [-0.3, -0.25) is 9.10 Å². The minimum atomic E-state index is -4.02. The van der Waals surface area contributed by atoms with Crippen molar-refractivity contribution in [3.8, 4) is 0 Å². The molecule has 0 saturated carbocycles. The van der Waals surface area contributed by atoms with Crippen molar-refractivity contribution in [1.29, 1.82) is 0 Å². The molecule has 0 unspecified atom stereocenters. The van der Waals surface area contributed by atoms with Gasteiger partial charge in [-0.2, -0.15) is 0 Å². The largest absolute Gasteiger partial charge is 0.325 e. The minimum Gasteiger partial charge on any atom is -0.325 e. The molecule has 0 radical (unpaired) electrons. The van der Waals surface area contributed by atoms with E-state index in [0.29, 0.717) is 5.69 Å². The molecule has 1 amide bonds. The molecule has 9 heteroatoms. The first-order valence-corrected chi connectivity index (χ1v) is 11.8. The predicted molar refractivity (Wildman–Crippen MR) is 125 cm³/mol. The molecule has 0 aromatic heterocycles. The number of hydrogen-bond donors (Lipinski definition) is 1. The summed E-state index contributed by atoms with van der Waals surface area (Å²) in [6, 6.07) is 17.6. The zero-order chi connectivity index (χ0) is 21.9. The summed E-state index contributed by atoms with van der Waals surface area (Å²) in [6.45, 7) is 1.45. The Morgan fingerprint density at radius 2 is 1.70 bits per heavy atom. The lowest BCUT2D eigenvalue weighted by Gasteiger charge is -2.24. The van der Waals surface area contributed by atoms with Gasteiger partial charge in [0.05, 0.1) is 20.6 Å². The van der Waals surface area contributed by atoms with Gasteiger partial charge in [0.2, 0.25) is 5.91 Å². The Bertz CT molecular complexity index is 1190. The van der Waals surface area contributed by atoms with E-state index in [1.54, 1.807) is 30.3 Å². The number of amides is 1. The van der Waals surface area contributed by atoms with Gasteiger partial charge in [-0.05, 0) is 61.0 Å². The Labute approximate surface area is 193 Å². The SMILES string of the molecule is Cc1cc(NC(=O)CN(c2ccc(Cl)c(Cl)c2)S(=O)(=O)c2ccccc2)ccc1Br. The number of carbonyl (C=O) groups is 1. The molecule has 30 heavy (non-hydrogen) atoms. The third kappa shape index (κ3) is 5.16. The lowest BCUT2D eigenvalue weighted by Crippen LogP contribution is -2.38. The summed E-state index contributed by atoms with van der Waals surface area (Å²) in [5, 5.41) is 3.21. The van der Waals surface area contributed by atoms with Gasteiger partial charge in [0, 0.05) is 10.2 Å². The van der Waals surface area contributed by atoms with E-state index in [9.17, 15) is 13.2 Å². The average Bonchev–Trinajstić information content (AvgIpc) is 2.72. The predicted octanol–water partition coefficient (Wildman–Crippen LogP) is 5.90. The molecule has 5 nitrogen and oxygen atoms in total. The molecular weight excluding hydrogens is 511 g/mol. The highest BCUT2D eigenvalue weighted by Gasteiger charge is 2.27. The molecule has 0 spiro atoms. The van der Waals surface area contributed by atoms with Crippen LogP contribution < -0.4 is 9.62 Å². The van der Waals surface area contributed by atoms with Crippen LogP contribution in [0.3, 0.4) is 0 Å². The highest BCUT2D eigenvalue weighted by molar-refractivity contribution is 9.10. The smallest absolute Gasteiger partial charge is 0.264 e. The fraction of sp³-hybridized carbons (Fsp3) is 0.0952. The number of aryl methyl sites for hydroxylation is 1. The number of rotatable bonds is 6. The van der Waals surface area contributed by atoms with Crippen molar-refractivity contribution in [2.75, 3.05) is 16.2 Å². The highest BCUT2D eigenvalue weighted by atomic mass is 79.9. The summed E-state index contributed by atoms with van der Waals surface area (Å²) >= 11 is 15.5. The number of nitrogens with zero attached hydrogens (tertiary/aromatic N) is 1. The fourth-order valence-corrected chi connectivity index (χ4v) is 4.70. The number of halogens is 3. The Morgan fingerprint density at radius 3 is 2.33 bits per heavy atom. The van der Waals surface area contributed by atoms with Gasteiger partial charge in [0.25, 0.3) is 10.0 Å². The van der Waals surface area contributed by atoms with Gasteiger partial charge in [0.1, 0.15) is 6.54 Å². The first-order valence-electron chi connectivity index (χ1n) is 8.77. The van der Waals surface area contributed by atoms with Gasteiger partial charge >= 0.3 is 0 Å². The lowest BCUT2D eigenvalue weighted by molar-refractivity contribution is -0.114. The van der Waals surface area contributed by atoms with E-state index in [1.165, 1.54) is 30.3 Å². The fourth-order valence-electron chi connectivity index (χ4n) is 2.73. The third-order valence-electron chi connectivity index (χ3n) is 4.25. The van der Waals surface area contributed by atoms with E-state index < -0.39 is 22.5 Å². The second kappa shape index (κ2) is 9.39. The summed E-state index contributed by atoms with van der Waals surface area (Å²) < 4.78 is 28.5. The number of carbonyl (C=O) groups excluding carboxylic acids is 1. The summed E-state index contributed by atoms with van der Waals surface area (Å²) in [7, 11) is -4.02. The van der Waals surface area contributed by atoms with Crippen LogP contribution in [0.5, 0.6) is 0 Å². The quantitative estimate of drug-likeness (QED) is 0.434. The molecule has 3 aromatic rings. The molecule has 3 rings (SSSR count). The van der Waals surface area contributed by atoms with Crippen molar-refractivity contribution in [3.05, 3.63) is 86.8 Å². The van der Waals surface area contributed by atoms with Crippen LogP contribution in [-0.4, -0.2) is 20.9 Å². The zero-order valence-electron chi connectivity index (χ0n) is 15.8. The van der Waals surface area contributed by atoms with Crippen LogP contribution in [-0.2, 0) is 14.8 Å². The minimum absolute atomic E-state index is 0.0587. The lowest BCUT2D eigenvalue weighted by atomic mass is 10.2. The first-order chi connectivity index (χ1) is 14.2. The van der Waals surface area contributed by atoms with E-state index in [1.807, 2.05) is 13.0 Å². The molecule has 0 aliphatic carbocycles. The van der Waals surface area contributed by atoms with Crippen LogP contribution in [0, 0.1) is 6.92 Å². The molecule has 1 N–H and O–H groups in total. The van der Waals surface area contributed by atoms with Crippen LogP contribution in [0.15, 0.2) is 76.1 Å². The molecule has 0 heterocycles. The van der Waals surface area contributed by atoms with Crippen molar-refractivity contribution < 1.29 is 13.2 Å². The maximum atomic E-state index is 13.3. The second-order valence-electron chi connectivity index (χ2n) is 6.44. The molecular formula is C21H17BrCl2N2O3S. The third-order valence-corrected chi connectivity index (χ3v) is 7.67. The average molecular weight is 528 g/mol. The Balaban J connectivity index is 1.95. The van der Waals surface area contributed by atoms with Crippen LogP contribution in [0.2, 0.25) is 10.0 Å². The summed E-state index contributed by atoms with van der Waals surface area (Å²) in [4.78, 5) is 12.8. The van der Waals surface area contributed by atoms with Crippen molar-refractivity contribution >= 4 is 66.4 Å². The van der Waals surface area contributed by atoms with Crippen LogP contribution in [0.25, 0.3) is 0 Å². The Morgan fingerprint density at radius 1 is 1.00 bits per heavy atom. The normalized spacial score (nSPS) is 11.2. The number of hydrogen-bond acceptors (Lipinski definition) is 3. The van der Waals surface area contributed by atoms with Gasteiger partial charge < -0.3 is 5.32 Å². The Hall–Kier alpha value is -2.06. The molecule has 0 bridgehead atoms. The number of anilines is 2. The van der Waals surface area contributed by atoms with E-state index in [2.05, 4.69) is 21.2 Å². The highest BCUT2D eigenvalue weighted by Crippen LogP contribution is 2.30. The molecule has 156 valence electrons. The molecule has 0 saturated heterocycles. The van der Waals surface area contributed by atoms with Crippen molar-refractivity contribution in [1.82, 2.24) is 0 Å². The van der Waals surface area contributed by atoms with Crippen LogP contribution in [0.4, 0.5) is 11.4 Å². The molecule has 0 fully saturated rings. The Kier molecular flexibility index (Phi) is 7.08. The molecule has 3 aromatic carbocycles. The number of sulfonamides is 1. The monoisotopic (exact) mass is 526 g/mol. The van der Waals surface area contributed by atoms with Crippen LogP contribution in [0.1, 0.15) is 5.56 Å². The summed E-state index contributed by atoms with van der Waals surface area (Å²) in [6.07, 6.45) is 0. The van der Waals surface area contributed by atoms with Crippen molar-refractivity contribution in [3.63, 3.8) is 0 Å². The zero-order valence-corrected chi connectivity index (χ0v) is 19.7. The van der Waals surface area contributed by atoms with Crippen LogP contribution >= 0.6 is 39.1 Å². The standard InChI is InChI=1S/C21H17BrCl2N2O3S/c1-14-11-15(7-9-18(14)22)25-21(27)13-26(16-8-10-19(23)20(24)12-16)30(28,29)17-5-3-2-4-6-17/h2-12H,13H2,1H3,(H,25,27). The number of benzene rings is 3. The van der Waals surface area contributed by atoms with Crippen molar-refractivity contribution in [2.45, 2.75) is 11.8 Å². The summed E-state index contributed by atoms with van der Waals surface area (Å²) in [5.41, 5.74) is 1.73. The van der Waals surface area contributed by atoms with Crippen molar-refractivity contribution in [2.24, 2.45) is 0 Å². The van der Waals surface area contributed by atoms with Gasteiger partial charge in [0.15, 0.2) is 0 Å². The number of nitrogens with one attached hydrogen (secondary N) is 1. The summed E-state index contributed by atoms with van der Waals surface area (Å²) in [5.74, 6) is -0.498. The van der Waals surface area contributed by atoms with Gasteiger partial charge in [-0.1, -0.05) is 57.3 Å². The van der Waals surface area contributed by atoms with Gasteiger partial charge in [-0.15, -0.1) is 0 Å². The van der Waals surface area contributed by atoms with E-state index in [0.717, 1.165) is 14.3 Å². The second-order valence-corrected chi connectivity index (χ2v) is 9.97. The van der Waals surface area contributed by atoms with E-state index >= 15 is 0 Å². The van der Waals surface area contributed by atoms with E-state index in [4.69, 9.17) is 23.2 Å².